The predicted molar refractivity (Wildman–Crippen MR) is 202 cm³/mol. The molecule has 4 unspecified atom stereocenters. The lowest BCUT2D eigenvalue weighted by Gasteiger charge is -2.18. The van der Waals surface area contributed by atoms with Crippen LogP contribution in [0.5, 0.6) is 11.5 Å². The first kappa shape index (κ1) is 40.9. The van der Waals surface area contributed by atoms with Gasteiger partial charge in [-0.25, -0.2) is 19.3 Å². The van der Waals surface area contributed by atoms with Gasteiger partial charge < -0.3 is 18.9 Å². The molecule has 2 aromatic heterocycles. The summed E-state index contributed by atoms with van der Waals surface area (Å²) in [6.07, 6.45) is -9.42. The van der Waals surface area contributed by atoms with Crippen molar-refractivity contribution in [1.82, 2.24) is 29.5 Å². The molecule has 10 nitrogen and oxygen atoms in total. The van der Waals surface area contributed by atoms with Crippen molar-refractivity contribution in [3.05, 3.63) is 140 Å². The molecule has 302 valence electrons. The molecule has 0 spiro atoms. The Hall–Kier alpha value is -3.88. The van der Waals surface area contributed by atoms with Crippen molar-refractivity contribution < 1.29 is 45.3 Å². The van der Waals surface area contributed by atoms with Crippen LogP contribution in [0.25, 0.3) is 0 Å². The smallest absolute Gasteiger partial charge is 0.404 e. The number of hydrogen-bond acceptors (Lipinski definition) is 10. The highest BCUT2D eigenvalue weighted by Gasteiger charge is 2.62. The van der Waals surface area contributed by atoms with E-state index in [0.29, 0.717) is 31.5 Å². The Balaban J connectivity index is 1.07. The lowest BCUT2D eigenvalue weighted by molar-refractivity contribution is -0.275. The van der Waals surface area contributed by atoms with Crippen molar-refractivity contribution in [2.45, 2.75) is 59.5 Å². The van der Waals surface area contributed by atoms with Crippen molar-refractivity contribution in [2.24, 2.45) is 0 Å². The molecule has 0 aliphatic carbocycles. The first-order valence-electron chi connectivity index (χ1n) is 16.6. The van der Waals surface area contributed by atoms with Gasteiger partial charge in [-0.15, -0.1) is 26.3 Å². The molecule has 2 saturated heterocycles. The summed E-state index contributed by atoms with van der Waals surface area (Å²) in [5, 5.41) is 9.59. The number of hydrogen-bond donors (Lipinski definition) is 0. The summed E-state index contributed by atoms with van der Waals surface area (Å²) in [4.78, 5) is 8.78. The molecule has 58 heavy (non-hydrogen) atoms. The van der Waals surface area contributed by atoms with Gasteiger partial charge in [-0.1, -0.05) is 101 Å². The number of aromatic nitrogens is 6. The molecule has 2 aliphatic rings. The molecule has 4 heterocycles. The third kappa shape index (κ3) is 8.30. The second-order valence-electron chi connectivity index (χ2n) is 12.7. The van der Waals surface area contributed by atoms with Gasteiger partial charge in [0.1, 0.15) is 36.1 Å². The zero-order valence-electron chi connectivity index (χ0n) is 28.7. The van der Waals surface area contributed by atoms with E-state index in [9.17, 15) is 26.3 Å². The molecule has 4 aromatic carbocycles. The van der Waals surface area contributed by atoms with E-state index in [0.717, 1.165) is 21.6 Å². The molecule has 2 fully saturated rings. The highest BCUT2D eigenvalue weighted by atomic mass is 35.5. The summed E-state index contributed by atoms with van der Waals surface area (Å²) in [5.41, 5.74) is -1.46. The number of epoxide rings is 2. The van der Waals surface area contributed by atoms with Crippen LogP contribution in [0.2, 0.25) is 20.1 Å². The van der Waals surface area contributed by atoms with Crippen LogP contribution in [-0.4, -0.2) is 42.3 Å². The average Bonchev–Trinajstić information content (AvgIpc) is 3.93. The monoisotopic (exact) mass is 920 g/mol. The molecule has 2 aliphatic heterocycles. The normalized spacial score (nSPS) is 21.6. The zero-order chi connectivity index (χ0) is 41.0. The average molecular weight is 923 g/mol. The Morgan fingerprint density at radius 3 is 1.64 bits per heavy atom. The quantitative estimate of drug-likeness (QED) is 0.0632. The van der Waals surface area contributed by atoms with Gasteiger partial charge in [0.25, 0.3) is 0 Å². The Morgan fingerprint density at radius 2 is 1.10 bits per heavy atom. The first-order chi connectivity index (χ1) is 27.6. The summed E-state index contributed by atoms with van der Waals surface area (Å²) in [5.74, 6) is -1.19. The van der Waals surface area contributed by atoms with Gasteiger partial charge in [0.05, 0.1) is 23.1 Å². The molecule has 22 heteroatoms. The number of rotatable bonds is 13. The third-order valence-corrected chi connectivity index (χ3v) is 12.5. The van der Waals surface area contributed by atoms with Gasteiger partial charge in [0, 0.05) is 26.7 Å². The van der Waals surface area contributed by atoms with Crippen molar-refractivity contribution in [1.29, 1.82) is 0 Å². The molecule has 0 bridgehead atoms. The van der Waals surface area contributed by atoms with Crippen molar-refractivity contribution in [3.63, 3.8) is 0 Å². The maximum absolute atomic E-state index is 13.5. The molecular formula is C36H22Cl4F6N6O4S2. The molecule has 8 rings (SSSR count). The fraction of sp³-hybridized carbons (Fsp3) is 0.222. The van der Waals surface area contributed by atoms with Gasteiger partial charge in [-0.2, -0.15) is 10.2 Å². The topological polar surface area (TPSA) is 105 Å². The van der Waals surface area contributed by atoms with E-state index in [1.165, 1.54) is 58.4 Å². The molecule has 0 saturated carbocycles. The second-order valence-corrected chi connectivity index (χ2v) is 16.5. The maximum atomic E-state index is 13.5. The van der Waals surface area contributed by atoms with Crippen molar-refractivity contribution in [2.75, 3.05) is 0 Å². The molecule has 0 amide bonds. The standard InChI is InChI=1S/C36H22Cl4F6N6O4S2/c37-20-7-3-6-19(14-20)33(29(55-33)21-8-4-12-25(39)27(21)53-35(41,42)43)15-51-31(47-17-49-51)57-58-32-48-18-50-52(32)16-34(23-10-1-2-11-24(23)38)30(56-34)22-9-5-13-26(40)28(22)54-36(44,45)46/h1-14,17-18,29-30H,15-16H2. The van der Waals surface area contributed by atoms with Gasteiger partial charge in [-0.3, -0.25) is 0 Å². The van der Waals surface area contributed by atoms with Gasteiger partial charge in [0.15, 0.2) is 21.8 Å². The van der Waals surface area contributed by atoms with E-state index in [-0.39, 0.29) is 34.3 Å². The molecule has 4 atom stereocenters. The van der Waals surface area contributed by atoms with E-state index in [2.05, 4.69) is 29.6 Å². The molecule has 0 radical (unpaired) electrons. The third-order valence-electron chi connectivity index (χ3n) is 9.15. The van der Waals surface area contributed by atoms with Crippen LogP contribution in [0, 0.1) is 0 Å². The Labute approximate surface area is 352 Å². The van der Waals surface area contributed by atoms with Gasteiger partial charge in [-0.05, 0) is 57.5 Å². The first-order valence-corrected chi connectivity index (χ1v) is 20.3. The number of alkyl halides is 6. The maximum Gasteiger partial charge on any atom is 0.573 e. The number of ether oxygens (including phenoxy) is 4. The Morgan fingerprint density at radius 1 is 0.621 bits per heavy atom. The molecular weight excluding hydrogens is 900 g/mol. The molecule has 0 N–H and O–H groups in total. The number of halogens is 10. The van der Waals surface area contributed by atoms with Crippen molar-refractivity contribution >= 4 is 68.0 Å². The van der Waals surface area contributed by atoms with Crippen LogP contribution in [0.3, 0.4) is 0 Å². The van der Waals surface area contributed by atoms with E-state index in [4.69, 9.17) is 55.9 Å². The van der Waals surface area contributed by atoms with Gasteiger partial charge in [0.2, 0.25) is 0 Å². The van der Waals surface area contributed by atoms with E-state index >= 15 is 0 Å². The van der Waals surface area contributed by atoms with Crippen LogP contribution in [0.4, 0.5) is 26.3 Å². The SMILES string of the molecule is FC(F)(F)Oc1c(Cl)cccc1C1OC1(Cn1ncnc1SSc1ncnn1CC1(c2ccccc2Cl)OC1c1cccc(Cl)c1OC(F)(F)F)c1cccc(Cl)c1. The summed E-state index contributed by atoms with van der Waals surface area (Å²) in [6.45, 7) is -0.0804. The summed E-state index contributed by atoms with van der Waals surface area (Å²) in [7, 11) is 2.27. The van der Waals surface area contributed by atoms with E-state index < -0.39 is 47.6 Å². The fourth-order valence-corrected chi connectivity index (χ4v) is 9.54. The minimum absolute atomic E-state index is 0.0291. The summed E-state index contributed by atoms with van der Waals surface area (Å²) < 4.78 is 105. The Bertz CT molecular complexity index is 2500. The lowest BCUT2D eigenvalue weighted by atomic mass is 9.91. The van der Waals surface area contributed by atoms with Crippen LogP contribution < -0.4 is 9.47 Å². The summed E-state index contributed by atoms with van der Waals surface area (Å²) in [6, 6.07) is 21.8. The van der Waals surface area contributed by atoms with Gasteiger partial charge >= 0.3 is 12.7 Å². The predicted octanol–water partition coefficient (Wildman–Crippen LogP) is 11.4. The lowest BCUT2D eigenvalue weighted by Crippen LogP contribution is -2.22. The fourth-order valence-electron chi connectivity index (χ4n) is 6.66. The van der Waals surface area contributed by atoms with Crippen LogP contribution in [0.1, 0.15) is 34.5 Å². The number of nitrogens with zero attached hydrogens (tertiary/aromatic N) is 6. The van der Waals surface area contributed by atoms with Crippen LogP contribution >= 0.6 is 68.0 Å². The molecule has 6 aromatic rings. The number of para-hydroxylation sites is 2. The minimum atomic E-state index is -5.03. The highest BCUT2D eigenvalue weighted by Crippen LogP contribution is 2.63. The van der Waals surface area contributed by atoms with Crippen LogP contribution in [0.15, 0.2) is 108 Å². The number of benzene rings is 4. The van der Waals surface area contributed by atoms with E-state index in [1.807, 2.05) is 0 Å². The second kappa shape index (κ2) is 15.6. The van der Waals surface area contributed by atoms with Crippen LogP contribution in [-0.2, 0) is 33.8 Å². The van der Waals surface area contributed by atoms with Crippen molar-refractivity contribution in [3.8, 4) is 11.5 Å². The van der Waals surface area contributed by atoms with E-state index in [1.54, 1.807) is 48.5 Å². The minimum Gasteiger partial charge on any atom is -0.404 e. The largest absolute Gasteiger partial charge is 0.573 e. The summed E-state index contributed by atoms with van der Waals surface area (Å²) >= 11 is 25.4. The highest BCUT2D eigenvalue weighted by molar-refractivity contribution is 8.76. The Kier molecular flexibility index (Phi) is 11.0. The zero-order valence-corrected chi connectivity index (χ0v) is 33.4.